The maximum atomic E-state index is 12.2. The summed E-state index contributed by atoms with van der Waals surface area (Å²) in [5.41, 5.74) is 4.24. The first kappa shape index (κ1) is 16.3. The third kappa shape index (κ3) is 3.68. The molecule has 1 aliphatic heterocycles. The van der Waals surface area contributed by atoms with Crippen molar-refractivity contribution < 1.29 is 14.3 Å². The highest BCUT2D eigenvalue weighted by Crippen LogP contribution is 2.25. The average molecular weight is 345 g/mol. The molecule has 0 fully saturated rings. The Morgan fingerprint density at radius 1 is 1.25 bits per heavy atom. The van der Waals surface area contributed by atoms with Crippen LogP contribution in [0.4, 0.5) is 0 Å². The minimum atomic E-state index is -0.718. The molecule has 124 valence electrons. The monoisotopic (exact) mass is 344 g/mol. The van der Waals surface area contributed by atoms with Crippen LogP contribution in [0.15, 0.2) is 53.6 Å². The van der Waals surface area contributed by atoms with Gasteiger partial charge in [-0.05, 0) is 31.2 Å². The maximum Gasteiger partial charge on any atom is 0.280 e. The zero-order valence-electron chi connectivity index (χ0n) is 13.2. The molecule has 5 nitrogen and oxygen atoms in total. The molecule has 0 spiro atoms. The Labute approximate surface area is 145 Å². The van der Waals surface area contributed by atoms with E-state index in [1.165, 1.54) is 0 Å². The number of halogens is 1. The molecular formula is C18H17ClN2O3. The first-order valence-corrected chi connectivity index (χ1v) is 8.03. The van der Waals surface area contributed by atoms with Crippen LogP contribution in [-0.2, 0) is 4.79 Å². The van der Waals surface area contributed by atoms with Gasteiger partial charge in [-0.3, -0.25) is 4.79 Å². The summed E-state index contributed by atoms with van der Waals surface area (Å²) in [5, 5.41) is 4.69. The van der Waals surface area contributed by atoms with Crippen LogP contribution in [0.3, 0.4) is 0 Å². The van der Waals surface area contributed by atoms with Gasteiger partial charge in [-0.2, -0.15) is 5.10 Å². The van der Waals surface area contributed by atoms with Crippen LogP contribution in [0, 0.1) is 0 Å². The van der Waals surface area contributed by atoms with E-state index in [-0.39, 0.29) is 5.91 Å². The first-order chi connectivity index (χ1) is 11.6. The zero-order chi connectivity index (χ0) is 16.9. The molecule has 1 amide bonds. The van der Waals surface area contributed by atoms with Crippen molar-refractivity contribution in [2.45, 2.75) is 19.4 Å². The fraction of sp³-hybridized carbons (Fsp3) is 0.222. The minimum absolute atomic E-state index is 0.341. The number of carbonyl (C=O) groups excluding carboxylic acids is 1. The first-order valence-electron chi connectivity index (χ1n) is 7.65. The maximum absolute atomic E-state index is 12.2. The molecule has 1 aliphatic rings. The molecule has 1 heterocycles. The van der Waals surface area contributed by atoms with Crippen molar-refractivity contribution in [3.63, 3.8) is 0 Å². The van der Waals surface area contributed by atoms with Crippen molar-refractivity contribution in [1.29, 1.82) is 0 Å². The summed E-state index contributed by atoms with van der Waals surface area (Å²) in [6.45, 7) is 2.19. The molecule has 0 saturated heterocycles. The number of nitrogens with one attached hydrogen (secondary N) is 1. The average Bonchev–Trinajstić information content (AvgIpc) is 2.61. The molecule has 24 heavy (non-hydrogen) atoms. The SMILES string of the molecule is CC(Oc1ccccc1Cl)C(=O)N/N=C1\CCOc2ccccc21. The molecule has 3 rings (SSSR count). The number of amides is 1. The van der Waals surface area contributed by atoms with E-state index in [0.717, 1.165) is 17.0 Å². The van der Waals surface area contributed by atoms with Crippen LogP contribution in [0.25, 0.3) is 0 Å². The smallest absolute Gasteiger partial charge is 0.280 e. The van der Waals surface area contributed by atoms with Crippen molar-refractivity contribution in [2.24, 2.45) is 5.10 Å². The van der Waals surface area contributed by atoms with Gasteiger partial charge in [-0.25, -0.2) is 5.43 Å². The van der Waals surface area contributed by atoms with Gasteiger partial charge in [0, 0.05) is 12.0 Å². The van der Waals surface area contributed by atoms with Crippen molar-refractivity contribution in [3.8, 4) is 11.5 Å². The van der Waals surface area contributed by atoms with E-state index in [0.29, 0.717) is 23.8 Å². The number of para-hydroxylation sites is 2. The summed E-state index contributed by atoms with van der Waals surface area (Å²) in [5.74, 6) is 0.898. The van der Waals surface area contributed by atoms with Gasteiger partial charge >= 0.3 is 0 Å². The van der Waals surface area contributed by atoms with Gasteiger partial charge in [0.2, 0.25) is 0 Å². The van der Waals surface area contributed by atoms with Gasteiger partial charge < -0.3 is 9.47 Å². The third-order valence-corrected chi connectivity index (χ3v) is 3.92. The van der Waals surface area contributed by atoms with E-state index >= 15 is 0 Å². The number of hydrazone groups is 1. The lowest BCUT2D eigenvalue weighted by molar-refractivity contribution is -0.127. The fourth-order valence-corrected chi connectivity index (χ4v) is 2.52. The predicted molar refractivity (Wildman–Crippen MR) is 92.8 cm³/mol. The van der Waals surface area contributed by atoms with Crippen LogP contribution in [-0.4, -0.2) is 24.3 Å². The summed E-state index contributed by atoms with van der Waals surface area (Å²) in [7, 11) is 0. The Morgan fingerprint density at radius 2 is 2.00 bits per heavy atom. The van der Waals surface area contributed by atoms with Gasteiger partial charge in [-0.15, -0.1) is 0 Å². The number of rotatable bonds is 4. The number of carbonyl (C=O) groups is 1. The largest absolute Gasteiger partial charge is 0.492 e. The lowest BCUT2D eigenvalue weighted by atomic mass is 10.0. The summed E-state index contributed by atoms with van der Waals surface area (Å²) in [6.07, 6.45) is -0.0823. The van der Waals surface area contributed by atoms with Crippen molar-refractivity contribution in [2.75, 3.05) is 6.61 Å². The van der Waals surface area contributed by atoms with Gasteiger partial charge in [0.1, 0.15) is 11.5 Å². The van der Waals surface area contributed by atoms with Crippen LogP contribution in [0.2, 0.25) is 5.02 Å². The second kappa shape index (κ2) is 7.36. The number of hydrogen-bond acceptors (Lipinski definition) is 4. The Balaban J connectivity index is 1.66. The molecule has 0 saturated carbocycles. The standard InChI is InChI=1S/C18H17ClN2O3/c1-12(24-17-9-5-3-7-14(17)19)18(22)21-20-15-10-11-23-16-8-4-2-6-13(15)16/h2-9,12H,10-11H2,1H3,(H,21,22)/b20-15+. The normalized spacial score (nSPS) is 16.0. The van der Waals surface area contributed by atoms with Gasteiger partial charge in [0.25, 0.3) is 5.91 Å². The topological polar surface area (TPSA) is 59.9 Å². The Kier molecular flexibility index (Phi) is 5.01. The Morgan fingerprint density at radius 3 is 2.83 bits per heavy atom. The second-order valence-corrected chi connectivity index (χ2v) is 5.73. The van der Waals surface area contributed by atoms with Crippen LogP contribution >= 0.6 is 11.6 Å². The lowest BCUT2D eigenvalue weighted by Gasteiger charge is -2.19. The number of benzene rings is 2. The minimum Gasteiger partial charge on any atom is -0.492 e. The fourth-order valence-electron chi connectivity index (χ4n) is 2.34. The molecule has 2 aromatic rings. The van der Waals surface area contributed by atoms with Gasteiger partial charge in [0.05, 0.1) is 17.3 Å². The molecular weight excluding hydrogens is 328 g/mol. The molecule has 2 aromatic carbocycles. The van der Waals surface area contributed by atoms with E-state index in [1.54, 1.807) is 31.2 Å². The summed E-state index contributed by atoms with van der Waals surface area (Å²) in [6, 6.07) is 14.6. The summed E-state index contributed by atoms with van der Waals surface area (Å²) >= 11 is 6.03. The highest BCUT2D eigenvalue weighted by atomic mass is 35.5. The van der Waals surface area contributed by atoms with Crippen LogP contribution in [0.5, 0.6) is 11.5 Å². The molecule has 0 aliphatic carbocycles. The summed E-state index contributed by atoms with van der Waals surface area (Å²) in [4.78, 5) is 12.2. The molecule has 1 atom stereocenters. The van der Waals surface area contributed by atoms with Crippen molar-refractivity contribution in [1.82, 2.24) is 5.43 Å². The zero-order valence-corrected chi connectivity index (χ0v) is 13.9. The number of ether oxygens (including phenoxy) is 2. The van der Waals surface area contributed by atoms with E-state index in [9.17, 15) is 4.79 Å². The summed E-state index contributed by atoms with van der Waals surface area (Å²) < 4.78 is 11.1. The van der Waals surface area contributed by atoms with Crippen molar-refractivity contribution >= 4 is 23.2 Å². The molecule has 6 heteroatoms. The Hall–Kier alpha value is -2.53. The Bertz CT molecular complexity index is 776. The van der Waals surface area contributed by atoms with Gasteiger partial charge in [-0.1, -0.05) is 35.9 Å². The van der Waals surface area contributed by atoms with Gasteiger partial charge in [0.15, 0.2) is 6.10 Å². The highest BCUT2D eigenvalue weighted by Gasteiger charge is 2.19. The molecule has 0 radical (unpaired) electrons. The van der Waals surface area contributed by atoms with Crippen LogP contribution < -0.4 is 14.9 Å². The molecule has 0 aromatic heterocycles. The van der Waals surface area contributed by atoms with Crippen molar-refractivity contribution in [3.05, 3.63) is 59.1 Å². The number of nitrogens with zero attached hydrogens (tertiary/aromatic N) is 1. The predicted octanol–water partition coefficient (Wildman–Crippen LogP) is 3.41. The van der Waals surface area contributed by atoms with E-state index in [2.05, 4.69) is 10.5 Å². The van der Waals surface area contributed by atoms with Crippen LogP contribution in [0.1, 0.15) is 18.9 Å². The lowest BCUT2D eigenvalue weighted by Crippen LogP contribution is -2.34. The van der Waals surface area contributed by atoms with E-state index < -0.39 is 6.10 Å². The number of fused-ring (bicyclic) bond motifs is 1. The quantitative estimate of drug-likeness (QED) is 0.865. The second-order valence-electron chi connectivity index (χ2n) is 5.32. The molecule has 1 unspecified atom stereocenters. The third-order valence-electron chi connectivity index (χ3n) is 3.61. The molecule has 0 bridgehead atoms. The number of hydrogen-bond donors (Lipinski definition) is 1. The van der Waals surface area contributed by atoms with E-state index in [4.69, 9.17) is 21.1 Å². The van der Waals surface area contributed by atoms with E-state index in [1.807, 2.05) is 24.3 Å². The molecule has 1 N–H and O–H groups in total. The highest BCUT2D eigenvalue weighted by molar-refractivity contribution is 6.32.